The summed E-state index contributed by atoms with van der Waals surface area (Å²) in [4.78, 5) is 10.5. The first-order valence-electron chi connectivity index (χ1n) is 2.58. The van der Waals surface area contributed by atoms with E-state index in [9.17, 15) is 13.6 Å². The van der Waals surface area contributed by atoms with Gasteiger partial charge in [-0.25, -0.2) is 9.10 Å². The maximum Gasteiger partial charge on any atom is 0.420 e. The van der Waals surface area contributed by atoms with Gasteiger partial charge in [0.1, 0.15) is 0 Å². The number of carbonyl (C=O) groups excluding carboxylic acids is 1. The molecule has 0 N–H and O–H groups in total. The first-order valence-corrected chi connectivity index (χ1v) is 3.61. The van der Waals surface area contributed by atoms with Gasteiger partial charge in [-0.2, -0.15) is 0 Å². The molecule has 0 aliphatic heterocycles. The average molecular weight is 166 g/mol. The number of ether oxygens (including phenoxy) is 1. The molecule has 60 valence electrons. The Kier molecular flexibility index (Phi) is 3.97. The van der Waals surface area contributed by atoms with Crippen LogP contribution in [0.2, 0.25) is 0 Å². The lowest BCUT2D eigenvalue weighted by molar-refractivity contribution is 0.149. The molecule has 0 aliphatic rings. The van der Waals surface area contributed by atoms with Crippen molar-refractivity contribution >= 4 is 17.4 Å². The molecule has 0 heterocycles. The van der Waals surface area contributed by atoms with Crippen LogP contribution in [0.1, 0.15) is 6.92 Å². The predicted molar refractivity (Wildman–Crippen MR) is 33.7 cm³/mol. The molecule has 0 aromatic heterocycles. The monoisotopic (exact) mass is 166 g/mol. The Balaban J connectivity index is 4.06. The summed E-state index contributed by atoms with van der Waals surface area (Å²) in [7, 11) is 1.12. The topological polar surface area (TPSA) is 69.7 Å². The standard InChI is InChI=1S/C4H9NO4S/c1-3-5(10(7)8)4(6)9-2/h3H2,1-2H3,(H,7,8)/p-1. The molecular formula is C4H8NO4S-. The van der Waals surface area contributed by atoms with Crippen LogP contribution >= 0.6 is 0 Å². The molecular weight excluding hydrogens is 158 g/mol. The van der Waals surface area contributed by atoms with Gasteiger partial charge in [-0.3, -0.25) is 4.21 Å². The summed E-state index contributed by atoms with van der Waals surface area (Å²) in [6.07, 6.45) is -0.865. The highest BCUT2D eigenvalue weighted by molar-refractivity contribution is 7.77. The van der Waals surface area contributed by atoms with Gasteiger partial charge in [0.15, 0.2) is 0 Å². The van der Waals surface area contributed by atoms with Crippen LogP contribution in [0, 0.1) is 0 Å². The molecule has 0 saturated heterocycles. The Morgan fingerprint density at radius 1 is 1.80 bits per heavy atom. The van der Waals surface area contributed by atoms with E-state index in [0.29, 0.717) is 4.31 Å². The number of amides is 1. The van der Waals surface area contributed by atoms with Crippen LogP contribution in [0.25, 0.3) is 0 Å². The van der Waals surface area contributed by atoms with Crippen molar-refractivity contribution in [2.45, 2.75) is 6.92 Å². The van der Waals surface area contributed by atoms with Crippen molar-refractivity contribution in [3.63, 3.8) is 0 Å². The summed E-state index contributed by atoms with van der Waals surface area (Å²) in [6, 6.07) is 0. The van der Waals surface area contributed by atoms with Gasteiger partial charge in [0.05, 0.1) is 18.4 Å². The molecule has 1 atom stereocenters. The van der Waals surface area contributed by atoms with E-state index < -0.39 is 17.4 Å². The minimum atomic E-state index is -2.52. The summed E-state index contributed by atoms with van der Waals surface area (Å²) in [5.74, 6) is 0. The predicted octanol–water partition coefficient (Wildman–Crippen LogP) is -0.131. The van der Waals surface area contributed by atoms with Gasteiger partial charge < -0.3 is 9.29 Å². The fourth-order valence-corrected chi connectivity index (χ4v) is 0.804. The number of rotatable bonds is 2. The zero-order chi connectivity index (χ0) is 8.15. The maximum atomic E-state index is 10.5. The third kappa shape index (κ3) is 2.32. The smallest absolute Gasteiger partial charge is 0.420 e. The Morgan fingerprint density at radius 3 is 2.40 bits per heavy atom. The van der Waals surface area contributed by atoms with Crippen LogP contribution in [-0.4, -0.2) is 32.8 Å². The van der Waals surface area contributed by atoms with Crippen molar-refractivity contribution < 1.29 is 18.3 Å². The van der Waals surface area contributed by atoms with Crippen LogP contribution in [0.5, 0.6) is 0 Å². The van der Waals surface area contributed by atoms with Crippen LogP contribution < -0.4 is 0 Å². The van der Waals surface area contributed by atoms with E-state index >= 15 is 0 Å². The fraction of sp³-hybridized carbons (Fsp3) is 0.750. The van der Waals surface area contributed by atoms with Gasteiger partial charge in [-0.1, -0.05) is 0 Å². The summed E-state index contributed by atoms with van der Waals surface area (Å²) in [6.45, 7) is 1.62. The zero-order valence-electron chi connectivity index (χ0n) is 5.70. The molecule has 0 fully saturated rings. The van der Waals surface area contributed by atoms with Gasteiger partial charge >= 0.3 is 6.09 Å². The highest BCUT2D eigenvalue weighted by atomic mass is 32.2. The summed E-state index contributed by atoms with van der Waals surface area (Å²) in [5, 5.41) is 0. The van der Waals surface area contributed by atoms with E-state index in [4.69, 9.17) is 0 Å². The Labute approximate surface area is 61.4 Å². The van der Waals surface area contributed by atoms with Crippen molar-refractivity contribution in [3.8, 4) is 0 Å². The van der Waals surface area contributed by atoms with Crippen LogP contribution in [-0.2, 0) is 16.0 Å². The van der Waals surface area contributed by atoms with E-state index in [-0.39, 0.29) is 6.54 Å². The molecule has 6 heteroatoms. The molecule has 5 nitrogen and oxygen atoms in total. The first-order chi connectivity index (χ1) is 4.63. The molecule has 1 unspecified atom stereocenters. The minimum absolute atomic E-state index is 0.0861. The highest BCUT2D eigenvalue weighted by Crippen LogP contribution is 1.94. The first kappa shape index (κ1) is 9.38. The normalized spacial score (nSPS) is 12.3. The molecule has 0 rings (SSSR count). The second kappa shape index (κ2) is 4.24. The lowest BCUT2D eigenvalue weighted by Crippen LogP contribution is -2.32. The third-order valence-corrected chi connectivity index (χ3v) is 1.61. The minimum Gasteiger partial charge on any atom is -0.755 e. The van der Waals surface area contributed by atoms with Crippen LogP contribution in [0.4, 0.5) is 4.79 Å². The van der Waals surface area contributed by atoms with Crippen LogP contribution in [0.3, 0.4) is 0 Å². The number of hydrogen-bond acceptors (Lipinski definition) is 4. The number of nitrogens with zero attached hydrogens (tertiary/aromatic N) is 1. The Hall–Kier alpha value is -0.620. The largest absolute Gasteiger partial charge is 0.755 e. The lowest BCUT2D eigenvalue weighted by Gasteiger charge is -2.20. The molecule has 1 amide bonds. The van der Waals surface area contributed by atoms with E-state index in [1.807, 2.05) is 0 Å². The molecule has 0 aromatic rings. The van der Waals surface area contributed by atoms with Gasteiger partial charge in [-0.05, 0) is 6.92 Å². The number of carbonyl (C=O) groups is 1. The quantitative estimate of drug-likeness (QED) is 0.536. The molecule has 10 heavy (non-hydrogen) atoms. The second-order valence-corrected chi connectivity index (χ2v) is 2.26. The highest BCUT2D eigenvalue weighted by Gasteiger charge is 2.10. The summed E-state index contributed by atoms with van der Waals surface area (Å²) >= 11 is -2.52. The fourth-order valence-electron chi connectivity index (χ4n) is 0.397. The SMILES string of the molecule is CCN(C(=O)OC)S(=O)[O-]. The van der Waals surface area contributed by atoms with Gasteiger partial charge in [0, 0.05) is 6.54 Å². The number of hydrogen-bond donors (Lipinski definition) is 0. The summed E-state index contributed by atoms with van der Waals surface area (Å²) < 4.78 is 25.0. The average Bonchev–Trinajstić information content (AvgIpc) is 1.88. The van der Waals surface area contributed by atoms with E-state index in [0.717, 1.165) is 7.11 Å². The van der Waals surface area contributed by atoms with Crippen molar-refractivity contribution in [3.05, 3.63) is 0 Å². The van der Waals surface area contributed by atoms with Crippen molar-refractivity contribution in [2.24, 2.45) is 0 Å². The Bertz CT molecular complexity index is 148. The summed E-state index contributed by atoms with van der Waals surface area (Å²) in [5.41, 5.74) is 0. The van der Waals surface area contributed by atoms with Gasteiger partial charge in [0.2, 0.25) is 0 Å². The Morgan fingerprint density at radius 2 is 2.30 bits per heavy atom. The van der Waals surface area contributed by atoms with Crippen molar-refractivity contribution in [1.82, 2.24) is 4.31 Å². The molecule has 0 bridgehead atoms. The molecule has 0 aromatic carbocycles. The van der Waals surface area contributed by atoms with E-state index in [2.05, 4.69) is 4.74 Å². The number of methoxy groups -OCH3 is 1. The lowest BCUT2D eigenvalue weighted by atomic mass is 10.8. The second-order valence-electron chi connectivity index (χ2n) is 1.38. The molecule has 0 spiro atoms. The van der Waals surface area contributed by atoms with Gasteiger partial charge in [-0.15, -0.1) is 0 Å². The van der Waals surface area contributed by atoms with Gasteiger partial charge in [0.25, 0.3) is 0 Å². The van der Waals surface area contributed by atoms with Crippen molar-refractivity contribution in [2.75, 3.05) is 13.7 Å². The molecule has 0 saturated carbocycles. The third-order valence-electron chi connectivity index (χ3n) is 0.845. The molecule has 0 aliphatic carbocycles. The van der Waals surface area contributed by atoms with Crippen LogP contribution in [0.15, 0.2) is 0 Å². The van der Waals surface area contributed by atoms with E-state index in [1.54, 1.807) is 0 Å². The van der Waals surface area contributed by atoms with Crippen molar-refractivity contribution in [1.29, 1.82) is 0 Å². The van der Waals surface area contributed by atoms with E-state index in [1.165, 1.54) is 6.92 Å². The maximum absolute atomic E-state index is 10.5. The molecule has 0 radical (unpaired) electrons. The zero-order valence-corrected chi connectivity index (χ0v) is 6.51.